The summed E-state index contributed by atoms with van der Waals surface area (Å²) < 4.78 is 12.7. The van der Waals surface area contributed by atoms with Gasteiger partial charge in [0, 0.05) is 0 Å². The standard InChI is InChI=1S/C15H13F/c1-12(14-5-3-2-4-6-14)11-13-7-9-15(16)10-8-13/h2-11H,1H3/b12-11+. The lowest BCUT2D eigenvalue weighted by Gasteiger charge is -2.01. The average Bonchev–Trinajstić information content (AvgIpc) is 2.33. The summed E-state index contributed by atoms with van der Waals surface area (Å²) in [5.74, 6) is -0.200. The molecule has 2 aromatic rings. The van der Waals surface area contributed by atoms with Gasteiger partial charge in [0.2, 0.25) is 0 Å². The molecule has 0 amide bonds. The van der Waals surface area contributed by atoms with E-state index in [1.54, 1.807) is 12.1 Å². The fourth-order valence-electron chi connectivity index (χ4n) is 1.59. The quantitative estimate of drug-likeness (QED) is 0.648. The molecule has 16 heavy (non-hydrogen) atoms. The van der Waals surface area contributed by atoms with Crippen molar-refractivity contribution in [3.8, 4) is 0 Å². The molecule has 0 aliphatic carbocycles. The summed E-state index contributed by atoms with van der Waals surface area (Å²) in [6.07, 6.45) is 2.05. The second kappa shape index (κ2) is 4.75. The third-order valence-corrected chi connectivity index (χ3v) is 2.48. The highest BCUT2D eigenvalue weighted by molar-refractivity contribution is 5.79. The second-order valence-corrected chi connectivity index (χ2v) is 3.74. The van der Waals surface area contributed by atoms with Gasteiger partial charge in [0.05, 0.1) is 0 Å². The van der Waals surface area contributed by atoms with E-state index >= 15 is 0 Å². The first kappa shape index (κ1) is 10.6. The van der Waals surface area contributed by atoms with E-state index in [0.717, 1.165) is 5.56 Å². The molecule has 0 N–H and O–H groups in total. The molecule has 0 bridgehead atoms. The minimum atomic E-state index is -0.200. The van der Waals surface area contributed by atoms with Gasteiger partial charge in [0.1, 0.15) is 5.82 Å². The lowest BCUT2D eigenvalue weighted by atomic mass is 10.0. The van der Waals surface area contributed by atoms with Crippen molar-refractivity contribution in [3.05, 3.63) is 71.5 Å². The molecule has 0 radical (unpaired) electrons. The van der Waals surface area contributed by atoms with E-state index in [2.05, 4.69) is 25.1 Å². The number of rotatable bonds is 2. The molecule has 0 aromatic heterocycles. The molecule has 1 heteroatoms. The SMILES string of the molecule is C/C(=C\c1ccc(F)cc1)c1ccccc1. The van der Waals surface area contributed by atoms with Gasteiger partial charge in [0.25, 0.3) is 0 Å². The summed E-state index contributed by atoms with van der Waals surface area (Å²) in [7, 11) is 0. The Morgan fingerprint density at radius 3 is 2.19 bits per heavy atom. The van der Waals surface area contributed by atoms with E-state index in [1.807, 2.05) is 18.2 Å². The van der Waals surface area contributed by atoms with E-state index in [9.17, 15) is 4.39 Å². The van der Waals surface area contributed by atoms with Gasteiger partial charge in [-0.1, -0.05) is 48.5 Å². The molecule has 0 heterocycles. The molecule has 0 aliphatic heterocycles. The van der Waals surface area contributed by atoms with Crippen molar-refractivity contribution in [2.45, 2.75) is 6.92 Å². The van der Waals surface area contributed by atoms with Crippen molar-refractivity contribution < 1.29 is 4.39 Å². The molecule has 0 spiro atoms. The van der Waals surface area contributed by atoms with Crippen molar-refractivity contribution in [3.63, 3.8) is 0 Å². The van der Waals surface area contributed by atoms with Gasteiger partial charge in [0.15, 0.2) is 0 Å². The van der Waals surface area contributed by atoms with E-state index in [-0.39, 0.29) is 5.82 Å². The molecule has 0 nitrogen and oxygen atoms in total. The molecule has 80 valence electrons. The molecular formula is C15H13F. The molecule has 0 unspecified atom stereocenters. The summed E-state index contributed by atoms with van der Waals surface area (Å²) in [5.41, 5.74) is 3.38. The largest absolute Gasteiger partial charge is 0.207 e. The van der Waals surface area contributed by atoms with Crippen LogP contribution in [0.2, 0.25) is 0 Å². The van der Waals surface area contributed by atoms with Crippen molar-refractivity contribution in [2.75, 3.05) is 0 Å². The van der Waals surface area contributed by atoms with Crippen LogP contribution in [0.5, 0.6) is 0 Å². The highest BCUT2D eigenvalue weighted by atomic mass is 19.1. The average molecular weight is 212 g/mol. The van der Waals surface area contributed by atoms with Gasteiger partial charge < -0.3 is 0 Å². The lowest BCUT2D eigenvalue weighted by molar-refractivity contribution is 0.628. The summed E-state index contributed by atoms with van der Waals surface area (Å²) in [4.78, 5) is 0. The van der Waals surface area contributed by atoms with Gasteiger partial charge in [-0.15, -0.1) is 0 Å². The number of allylic oxidation sites excluding steroid dienone is 1. The van der Waals surface area contributed by atoms with Gasteiger partial charge in [-0.25, -0.2) is 4.39 Å². The van der Waals surface area contributed by atoms with E-state index in [1.165, 1.54) is 23.3 Å². The van der Waals surface area contributed by atoms with Crippen LogP contribution in [0, 0.1) is 5.82 Å². The molecule has 2 rings (SSSR count). The molecule has 0 atom stereocenters. The molecule has 0 saturated carbocycles. The van der Waals surface area contributed by atoms with Crippen LogP contribution in [0.25, 0.3) is 11.6 Å². The number of halogens is 1. The van der Waals surface area contributed by atoms with Crippen LogP contribution in [-0.2, 0) is 0 Å². The number of hydrogen-bond acceptors (Lipinski definition) is 0. The van der Waals surface area contributed by atoms with Gasteiger partial charge in [-0.05, 0) is 35.8 Å². The Balaban J connectivity index is 2.28. The second-order valence-electron chi connectivity index (χ2n) is 3.74. The highest BCUT2D eigenvalue weighted by Gasteiger charge is 1.95. The van der Waals surface area contributed by atoms with Crippen LogP contribution in [0.1, 0.15) is 18.1 Å². The zero-order valence-corrected chi connectivity index (χ0v) is 9.15. The zero-order valence-electron chi connectivity index (χ0n) is 9.15. The van der Waals surface area contributed by atoms with Crippen LogP contribution < -0.4 is 0 Å². The molecular weight excluding hydrogens is 199 g/mol. The summed E-state index contributed by atoms with van der Waals surface area (Å²) in [5, 5.41) is 0. The highest BCUT2D eigenvalue weighted by Crippen LogP contribution is 2.17. The third-order valence-electron chi connectivity index (χ3n) is 2.48. The fraction of sp³-hybridized carbons (Fsp3) is 0.0667. The van der Waals surface area contributed by atoms with Gasteiger partial charge >= 0.3 is 0 Å². The van der Waals surface area contributed by atoms with Crippen LogP contribution in [0.3, 0.4) is 0 Å². The first-order valence-corrected chi connectivity index (χ1v) is 5.25. The fourth-order valence-corrected chi connectivity index (χ4v) is 1.59. The maximum Gasteiger partial charge on any atom is 0.123 e. The van der Waals surface area contributed by atoms with Crippen LogP contribution in [0.4, 0.5) is 4.39 Å². The Morgan fingerprint density at radius 2 is 1.56 bits per heavy atom. The maximum absolute atomic E-state index is 12.7. The Morgan fingerprint density at radius 1 is 0.938 bits per heavy atom. The summed E-state index contributed by atoms with van der Waals surface area (Å²) in [6, 6.07) is 16.7. The summed E-state index contributed by atoms with van der Waals surface area (Å²) >= 11 is 0. The van der Waals surface area contributed by atoms with E-state index < -0.39 is 0 Å². The minimum absolute atomic E-state index is 0.200. The van der Waals surface area contributed by atoms with Crippen molar-refractivity contribution in [1.29, 1.82) is 0 Å². The zero-order chi connectivity index (χ0) is 11.4. The van der Waals surface area contributed by atoms with Gasteiger partial charge in [-0.3, -0.25) is 0 Å². The predicted octanol–water partition coefficient (Wildman–Crippen LogP) is 4.39. The van der Waals surface area contributed by atoms with Crippen LogP contribution >= 0.6 is 0 Å². The number of benzene rings is 2. The Labute approximate surface area is 95.1 Å². The molecule has 0 saturated heterocycles. The Bertz CT molecular complexity index is 481. The minimum Gasteiger partial charge on any atom is -0.207 e. The van der Waals surface area contributed by atoms with Gasteiger partial charge in [-0.2, -0.15) is 0 Å². The normalized spacial score (nSPS) is 11.5. The molecule has 0 aliphatic rings. The Hall–Kier alpha value is -1.89. The predicted molar refractivity (Wildman–Crippen MR) is 66.4 cm³/mol. The van der Waals surface area contributed by atoms with E-state index in [0.29, 0.717) is 0 Å². The monoisotopic (exact) mass is 212 g/mol. The number of hydrogen-bond donors (Lipinski definition) is 0. The van der Waals surface area contributed by atoms with Crippen molar-refractivity contribution >= 4 is 11.6 Å². The topological polar surface area (TPSA) is 0 Å². The first-order chi connectivity index (χ1) is 7.75. The van der Waals surface area contributed by atoms with Crippen LogP contribution in [-0.4, -0.2) is 0 Å². The third kappa shape index (κ3) is 2.57. The van der Waals surface area contributed by atoms with Crippen LogP contribution in [0.15, 0.2) is 54.6 Å². The lowest BCUT2D eigenvalue weighted by Crippen LogP contribution is -1.79. The van der Waals surface area contributed by atoms with Crippen molar-refractivity contribution in [1.82, 2.24) is 0 Å². The molecule has 0 fully saturated rings. The first-order valence-electron chi connectivity index (χ1n) is 5.25. The smallest absolute Gasteiger partial charge is 0.123 e. The Kier molecular flexibility index (Phi) is 3.16. The van der Waals surface area contributed by atoms with Crippen molar-refractivity contribution in [2.24, 2.45) is 0 Å². The maximum atomic E-state index is 12.7. The van der Waals surface area contributed by atoms with E-state index in [4.69, 9.17) is 0 Å². The summed E-state index contributed by atoms with van der Waals surface area (Å²) in [6.45, 7) is 2.05. The molecule has 2 aromatic carbocycles.